The number of esters is 1. The maximum atomic E-state index is 13.5. The highest BCUT2D eigenvalue weighted by Gasteiger charge is 2.34. The fourth-order valence-electron chi connectivity index (χ4n) is 4.59. The first kappa shape index (κ1) is 31.6. The minimum Gasteiger partial charge on any atom is -0.467 e. The summed E-state index contributed by atoms with van der Waals surface area (Å²) in [5.41, 5.74) is 0.846. The molecule has 0 saturated carbocycles. The first-order valence-electron chi connectivity index (χ1n) is 13.0. The van der Waals surface area contributed by atoms with Gasteiger partial charge in [0, 0.05) is 9.86 Å². The average Bonchev–Trinajstić information content (AvgIpc) is 3.21. The van der Waals surface area contributed by atoms with E-state index in [9.17, 15) is 32.3 Å². The number of aryl methyl sites for hydroxylation is 1. The van der Waals surface area contributed by atoms with Crippen molar-refractivity contribution in [1.82, 2.24) is 20.1 Å². The van der Waals surface area contributed by atoms with Crippen molar-refractivity contribution in [1.29, 1.82) is 0 Å². The van der Waals surface area contributed by atoms with Gasteiger partial charge in [-0.15, -0.1) is 0 Å². The van der Waals surface area contributed by atoms with E-state index in [0.29, 0.717) is 28.0 Å². The van der Waals surface area contributed by atoms with Gasteiger partial charge >= 0.3 is 12.1 Å². The molecule has 0 spiro atoms. The molecule has 226 valence electrons. The number of alkyl halides is 3. The normalized spacial score (nSPS) is 15.5. The van der Waals surface area contributed by atoms with E-state index in [1.807, 2.05) is 6.08 Å². The number of nitrogens with one attached hydrogen (secondary N) is 2. The number of ether oxygens (including phenoxy) is 1. The van der Waals surface area contributed by atoms with Gasteiger partial charge in [-0.2, -0.15) is 18.3 Å². The van der Waals surface area contributed by atoms with Crippen LogP contribution >= 0.6 is 15.9 Å². The number of fused-ring (bicyclic) bond motifs is 1. The Bertz CT molecular complexity index is 1700. The number of methoxy groups -OCH3 is 1. The lowest BCUT2D eigenvalue weighted by Crippen LogP contribution is -2.48. The van der Waals surface area contributed by atoms with E-state index in [2.05, 4.69) is 41.4 Å². The Morgan fingerprint density at radius 2 is 1.91 bits per heavy atom. The molecule has 2 atom stereocenters. The van der Waals surface area contributed by atoms with Crippen LogP contribution in [0.4, 0.5) is 18.9 Å². The predicted octanol–water partition coefficient (Wildman–Crippen LogP) is 4.83. The van der Waals surface area contributed by atoms with Gasteiger partial charge in [-0.3, -0.25) is 19.1 Å². The van der Waals surface area contributed by atoms with Gasteiger partial charge in [0.15, 0.2) is 11.8 Å². The van der Waals surface area contributed by atoms with Crippen molar-refractivity contribution in [3.8, 4) is 0 Å². The number of halogens is 4. The van der Waals surface area contributed by atoms with Gasteiger partial charge in [0.25, 0.3) is 5.91 Å². The number of pyridine rings is 1. The van der Waals surface area contributed by atoms with E-state index in [1.54, 1.807) is 36.7 Å². The van der Waals surface area contributed by atoms with Crippen LogP contribution in [0.5, 0.6) is 0 Å². The summed E-state index contributed by atoms with van der Waals surface area (Å²) in [5.74, 6) is -3.26. The molecule has 0 fully saturated rings. The zero-order valence-corrected chi connectivity index (χ0v) is 25.1. The summed E-state index contributed by atoms with van der Waals surface area (Å²) in [7, 11) is 1.12. The van der Waals surface area contributed by atoms with Gasteiger partial charge in [0.2, 0.25) is 5.91 Å². The summed E-state index contributed by atoms with van der Waals surface area (Å²) in [5, 5.41) is 9.86. The number of nitrogens with zero attached hydrogens (tertiary/aromatic N) is 3. The van der Waals surface area contributed by atoms with Gasteiger partial charge in [0.1, 0.15) is 5.69 Å². The number of anilines is 1. The van der Waals surface area contributed by atoms with E-state index >= 15 is 0 Å². The van der Waals surface area contributed by atoms with E-state index in [4.69, 9.17) is 0 Å². The van der Waals surface area contributed by atoms with Crippen LogP contribution in [-0.4, -0.2) is 51.5 Å². The summed E-state index contributed by atoms with van der Waals surface area (Å²) in [4.78, 5) is 53.1. The maximum Gasteiger partial charge on any atom is 0.433 e. The molecule has 0 bridgehead atoms. The Morgan fingerprint density at radius 1 is 1.19 bits per heavy atom. The van der Waals surface area contributed by atoms with Gasteiger partial charge < -0.3 is 15.4 Å². The lowest BCUT2D eigenvalue weighted by Gasteiger charge is -2.19. The predicted molar refractivity (Wildman–Crippen MR) is 154 cm³/mol. The van der Waals surface area contributed by atoms with Gasteiger partial charge in [0.05, 0.1) is 47.7 Å². The molecule has 14 heteroatoms. The molecule has 2 heterocycles. The average molecular weight is 662 g/mol. The second kappa shape index (κ2) is 12.5. The van der Waals surface area contributed by atoms with Gasteiger partial charge in [-0.1, -0.05) is 34.2 Å². The highest BCUT2D eigenvalue weighted by atomic mass is 79.9. The van der Waals surface area contributed by atoms with E-state index < -0.39 is 47.4 Å². The van der Waals surface area contributed by atoms with Crippen molar-refractivity contribution in [2.24, 2.45) is 5.92 Å². The summed E-state index contributed by atoms with van der Waals surface area (Å²) in [6.07, 6.45) is 0.754. The maximum absolute atomic E-state index is 13.5. The van der Waals surface area contributed by atoms with Crippen molar-refractivity contribution in [3.63, 3.8) is 0 Å². The van der Waals surface area contributed by atoms with Crippen LogP contribution in [0, 0.1) is 19.8 Å². The van der Waals surface area contributed by atoms with E-state index in [-0.39, 0.29) is 23.0 Å². The Hall–Kier alpha value is -4.33. The van der Waals surface area contributed by atoms with Crippen molar-refractivity contribution in [3.05, 3.63) is 75.2 Å². The molecule has 2 aromatic heterocycles. The minimum atomic E-state index is -4.75. The fraction of sp³-hybridized carbons (Fsp3) is 0.310. The highest BCUT2D eigenvalue weighted by molar-refractivity contribution is 9.10. The largest absolute Gasteiger partial charge is 0.467 e. The molecule has 0 radical (unpaired) electrons. The summed E-state index contributed by atoms with van der Waals surface area (Å²) < 4.78 is 47.4. The number of aromatic nitrogens is 3. The topological polar surface area (TPSA) is 132 Å². The number of allylic oxidation sites excluding steroid dienone is 3. The molecule has 2 amide bonds. The molecular formula is C29H27BrF3N5O5. The molecule has 0 saturated heterocycles. The highest BCUT2D eigenvalue weighted by Crippen LogP contribution is 2.33. The smallest absolute Gasteiger partial charge is 0.433 e. The summed E-state index contributed by atoms with van der Waals surface area (Å²) in [6, 6.07) is 3.83. The lowest BCUT2D eigenvalue weighted by atomic mass is 9.95. The van der Waals surface area contributed by atoms with Crippen molar-refractivity contribution >= 4 is 56.1 Å². The molecule has 3 aromatic rings. The van der Waals surface area contributed by atoms with Crippen LogP contribution in [0.2, 0.25) is 0 Å². The lowest BCUT2D eigenvalue weighted by molar-refractivity contribution is -0.148. The number of Topliss-reactive ketones (excluding diaryl/α,β-unsaturated/α-hetero) is 1. The van der Waals surface area contributed by atoms with Gasteiger partial charge in [-0.25, -0.2) is 9.78 Å². The molecule has 0 aliphatic heterocycles. The first-order valence-corrected chi connectivity index (χ1v) is 13.8. The SMILES string of the molecule is COC(=O)[C@@H](NC(=O)C1C=CC(Cn2nc(C)c(NC(=O)c3cc(C(F)(F)F)nc4ccc(Br)cc34)c2C)=CC1)C(C)=O. The number of carbonyl (C=O) groups is 4. The molecule has 1 unspecified atom stereocenters. The monoisotopic (exact) mass is 661 g/mol. The number of rotatable bonds is 8. The molecule has 43 heavy (non-hydrogen) atoms. The summed E-state index contributed by atoms with van der Waals surface area (Å²) in [6.45, 7) is 4.85. The number of carbonyl (C=O) groups excluding carboxylic acids is 4. The molecular weight excluding hydrogens is 635 g/mol. The second-order valence-corrected chi connectivity index (χ2v) is 10.8. The fourth-order valence-corrected chi connectivity index (χ4v) is 4.95. The Balaban J connectivity index is 1.50. The first-order chi connectivity index (χ1) is 20.2. The zero-order chi connectivity index (χ0) is 31.6. The van der Waals surface area contributed by atoms with E-state index in [0.717, 1.165) is 18.7 Å². The van der Waals surface area contributed by atoms with Crippen LogP contribution in [0.3, 0.4) is 0 Å². The Labute approximate surface area is 252 Å². The molecule has 2 N–H and O–H groups in total. The molecule has 1 aromatic carbocycles. The molecule has 1 aliphatic rings. The van der Waals surface area contributed by atoms with Crippen LogP contribution in [0.1, 0.15) is 40.8 Å². The van der Waals surface area contributed by atoms with Crippen LogP contribution in [0.25, 0.3) is 10.9 Å². The standard InChI is InChI=1S/C29H27BrF3N5O5/c1-14-24(35-27(41)21-12-23(29(31,32)33)34-22-10-9-19(30)11-20(21)22)15(2)38(37-14)13-17-5-7-18(8-6-17)26(40)36-25(16(3)39)28(42)43-4/h5-7,9-12,18,25H,8,13H2,1-4H3,(H,35,41)(H,36,40)/t18?,25-/m0/s1. The second-order valence-electron chi connectivity index (χ2n) is 9.93. The van der Waals surface area contributed by atoms with Crippen LogP contribution < -0.4 is 10.6 Å². The number of amides is 2. The number of hydrogen-bond acceptors (Lipinski definition) is 7. The van der Waals surface area contributed by atoms with Gasteiger partial charge in [-0.05, 0) is 57.0 Å². The van der Waals surface area contributed by atoms with Crippen LogP contribution in [0.15, 0.2) is 52.5 Å². The van der Waals surface area contributed by atoms with Crippen molar-refractivity contribution in [2.75, 3.05) is 12.4 Å². The Kier molecular flexibility index (Phi) is 9.18. The third-order valence-electron chi connectivity index (χ3n) is 6.90. The third-order valence-corrected chi connectivity index (χ3v) is 7.39. The third kappa shape index (κ3) is 7.01. The van der Waals surface area contributed by atoms with E-state index in [1.165, 1.54) is 19.1 Å². The van der Waals surface area contributed by atoms with Crippen molar-refractivity contribution < 1.29 is 37.1 Å². The summed E-state index contributed by atoms with van der Waals surface area (Å²) >= 11 is 3.29. The number of hydrogen-bond donors (Lipinski definition) is 2. The Morgan fingerprint density at radius 3 is 2.51 bits per heavy atom. The quantitative estimate of drug-likeness (QED) is 0.261. The minimum absolute atomic E-state index is 0.0254. The molecule has 10 nitrogen and oxygen atoms in total. The van der Waals surface area contributed by atoms with Crippen LogP contribution in [-0.2, 0) is 31.8 Å². The molecule has 1 aliphatic carbocycles. The molecule has 4 rings (SSSR count). The zero-order valence-electron chi connectivity index (χ0n) is 23.5. The number of benzene rings is 1. The van der Waals surface area contributed by atoms with Crippen molar-refractivity contribution in [2.45, 2.75) is 46.0 Å². The number of ketones is 1.